The van der Waals surface area contributed by atoms with E-state index in [1.165, 1.54) is 22.9 Å². The predicted molar refractivity (Wildman–Crippen MR) is 113 cm³/mol. The van der Waals surface area contributed by atoms with Crippen molar-refractivity contribution >= 4 is 11.8 Å². The van der Waals surface area contributed by atoms with Crippen LogP contribution in [0.1, 0.15) is 40.1 Å². The maximum absolute atomic E-state index is 12.7. The summed E-state index contributed by atoms with van der Waals surface area (Å²) in [6, 6.07) is 12.0. The standard InChI is InChI=1S/C22H25N5O3/c1-15(19-12-24-26(3)16(19)2)25-22(30)18-9-10-21(29)27(13-18)14-20(28)23-11-17-7-5-4-6-8-17/h4-10,12-13,15H,11,14H2,1-3H3,(H,23,28)(H,25,30)/t15-/m1/s1. The molecule has 30 heavy (non-hydrogen) atoms. The van der Waals surface area contributed by atoms with E-state index in [1.807, 2.05) is 51.2 Å². The fourth-order valence-corrected chi connectivity index (χ4v) is 3.09. The number of hydrogen-bond acceptors (Lipinski definition) is 4. The third kappa shape index (κ3) is 5.02. The molecule has 0 saturated carbocycles. The van der Waals surface area contributed by atoms with E-state index in [0.29, 0.717) is 12.1 Å². The number of rotatable bonds is 7. The molecular formula is C22H25N5O3. The van der Waals surface area contributed by atoms with Crippen LogP contribution in [-0.2, 0) is 24.9 Å². The second-order valence-corrected chi connectivity index (χ2v) is 7.15. The molecule has 156 valence electrons. The number of nitrogens with one attached hydrogen (secondary N) is 2. The van der Waals surface area contributed by atoms with Gasteiger partial charge in [-0.25, -0.2) is 0 Å². The molecule has 2 N–H and O–H groups in total. The second kappa shape index (κ2) is 9.21. The Bertz CT molecular complexity index is 1100. The second-order valence-electron chi connectivity index (χ2n) is 7.15. The monoisotopic (exact) mass is 407 g/mol. The van der Waals surface area contributed by atoms with Gasteiger partial charge in [0, 0.05) is 37.1 Å². The molecule has 3 aromatic rings. The van der Waals surface area contributed by atoms with Crippen LogP contribution in [0.15, 0.2) is 59.7 Å². The van der Waals surface area contributed by atoms with Crippen LogP contribution >= 0.6 is 0 Å². The molecule has 0 fully saturated rings. The number of carbonyl (C=O) groups is 2. The van der Waals surface area contributed by atoms with Gasteiger partial charge in [0.2, 0.25) is 5.91 Å². The fourth-order valence-electron chi connectivity index (χ4n) is 3.09. The molecule has 1 atom stereocenters. The summed E-state index contributed by atoms with van der Waals surface area (Å²) in [7, 11) is 1.84. The Balaban J connectivity index is 1.65. The SMILES string of the molecule is Cc1c([C@@H](C)NC(=O)c2ccc(=O)n(CC(=O)NCc3ccccc3)c2)cnn1C. The van der Waals surface area contributed by atoms with Crippen LogP contribution < -0.4 is 16.2 Å². The van der Waals surface area contributed by atoms with Gasteiger partial charge in [-0.2, -0.15) is 5.10 Å². The van der Waals surface area contributed by atoms with Crippen molar-refractivity contribution in [2.75, 3.05) is 0 Å². The van der Waals surface area contributed by atoms with Gasteiger partial charge in [-0.15, -0.1) is 0 Å². The van der Waals surface area contributed by atoms with Crippen LogP contribution in [0.25, 0.3) is 0 Å². The molecule has 0 aliphatic carbocycles. The highest BCUT2D eigenvalue weighted by Gasteiger charge is 2.16. The van der Waals surface area contributed by atoms with Gasteiger partial charge in [0.05, 0.1) is 17.8 Å². The van der Waals surface area contributed by atoms with Crippen molar-refractivity contribution in [2.24, 2.45) is 7.05 Å². The van der Waals surface area contributed by atoms with Crippen LogP contribution in [0.4, 0.5) is 0 Å². The molecular weight excluding hydrogens is 382 g/mol. The number of pyridine rings is 1. The number of benzene rings is 1. The van der Waals surface area contributed by atoms with E-state index in [0.717, 1.165) is 16.8 Å². The molecule has 0 aliphatic rings. The normalized spacial score (nSPS) is 11.7. The van der Waals surface area contributed by atoms with Gasteiger partial charge in [-0.3, -0.25) is 19.1 Å². The highest BCUT2D eigenvalue weighted by Crippen LogP contribution is 2.16. The van der Waals surface area contributed by atoms with Gasteiger partial charge in [0.15, 0.2) is 0 Å². The molecule has 0 aliphatic heterocycles. The molecule has 0 saturated heterocycles. The molecule has 2 aromatic heterocycles. The Morgan fingerprint density at radius 1 is 1.13 bits per heavy atom. The van der Waals surface area contributed by atoms with Crippen molar-refractivity contribution in [1.82, 2.24) is 25.0 Å². The van der Waals surface area contributed by atoms with Gasteiger partial charge in [0.1, 0.15) is 6.54 Å². The van der Waals surface area contributed by atoms with Crippen LogP contribution in [0.2, 0.25) is 0 Å². The quantitative estimate of drug-likeness (QED) is 0.623. The average molecular weight is 407 g/mol. The molecule has 8 heteroatoms. The minimum atomic E-state index is -0.349. The van der Waals surface area contributed by atoms with Crippen molar-refractivity contribution in [3.05, 3.63) is 87.6 Å². The molecule has 2 heterocycles. The minimum Gasteiger partial charge on any atom is -0.350 e. The molecule has 1 aromatic carbocycles. The van der Waals surface area contributed by atoms with E-state index in [4.69, 9.17) is 0 Å². The molecule has 2 amide bonds. The maximum atomic E-state index is 12.7. The Morgan fingerprint density at radius 2 is 1.87 bits per heavy atom. The van der Waals surface area contributed by atoms with Gasteiger partial charge in [0.25, 0.3) is 11.5 Å². The summed E-state index contributed by atoms with van der Waals surface area (Å²) in [4.78, 5) is 37.0. The smallest absolute Gasteiger partial charge is 0.253 e. The van der Waals surface area contributed by atoms with Crippen LogP contribution in [0.5, 0.6) is 0 Å². The van der Waals surface area contributed by atoms with Crippen molar-refractivity contribution in [3.8, 4) is 0 Å². The zero-order valence-corrected chi connectivity index (χ0v) is 17.3. The minimum absolute atomic E-state index is 0.163. The first-order chi connectivity index (χ1) is 14.3. The Kier molecular flexibility index (Phi) is 6.46. The number of amides is 2. The lowest BCUT2D eigenvalue weighted by atomic mass is 10.1. The number of aryl methyl sites for hydroxylation is 1. The summed E-state index contributed by atoms with van der Waals surface area (Å²) in [6.07, 6.45) is 3.13. The van der Waals surface area contributed by atoms with E-state index in [-0.39, 0.29) is 30.0 Å². The highest BCUT2D eigenvalue weighted by molar-refractivity contribution is 5.94. The van der Waals surface area contributed by atoms with Crippen molar-refractivity contribution in [2.45, 2.75) is 33.0 Å². The molecule has 8 nitrogen and oxygen atoms in total. The lowest BCUT2D eigenvalue weighted by Gasteiger charge is -2.14. The summed E-state index contributed by atoms with van der Waals surface area (Å²) < 4.78 is 2.97. The molecule has 0 radical (unpaired) electrons. The summed E-state index contributed by atoms with van der Waals surface area (Å²) >= 11 is 0. The average Bonchev–Trinajstić information content (AvgIpc) is 3.07. The third-order valence-corrected chi connectivity index (χ3v) is 4.98. The maximum Gasteiger partial charge on any atom is 0.253 e. The molecule has 0 bridgehead atoms. The summed E-state index contributed by atoms with van der Waals surface area (Å²) in [5.74, 6) is -0.637. The van der Waals surface area contributed by atoms with Crippen LogP contribution in [-0.4, -0.2) is 26.2 Å². The lowest BCUT2D eigenvalue weighted by Crippen LogP contribution is -2.33. The molecule has 0 unspecified atom stereocenters. The highest BCUT2D eigenvalue weighted by atomic mass is 16.2. The van der Waals surface area contributed by atoms with Gasteiger partial charge in [-0.1, -0.05) is 30.3 Å². The zero-order valence-electron chi connectivity index (χ0n) is 17.3. The van der Waals surface area contributed by atoms with E-state index < -0.39 is 0 Å². The van der Waals surface area contributed by atoms with E-state index >= 15 is 0 Å². The Labute approximate surface area is 174 Å². The number of hydrogen-bond donors (Lipinski definition) is 2. The first-order valence-electron chi connectivity index (χ1n) is 9.65. The summed E-state index contributed by atoms with van der Waals surface area (Å²) in [5.41, 5.74) is 2.80. The predicted octanol–water partition coefficient (Wildman–Crippen LogP) is 1.70. The summed E-state index contributed by atoms with van der Waals surface area (Å²) in [5, 5.41) is 9.87. The van der Waals surface area contributed by atoms with E-state index in [1.54, 1.807) is 10.9 Å². The van der Waals surface area contributed by atoms with Crippen molar-refractivity contribution in [1.29, 1.82) is 0 Å². The van der Waals surface area contributed by atoms with Gasteiger partial charge in [-0.05, 0) is 25.5 Å². The Morgan fingerprint density at radius 3 is 2.53 bits per heavy atom. The Hall–Kier alpha value is -3.68. The van der Waals surface area contributed by atoms with Gasteiger partial charge < -0.3 is 15.2 Å². The topological polar surface area (TPSA) is 98.0 Å². The first-order valence-corrected chi connectivity index (χ1v) is 9.65. The van der Waals surface area contributed by atoms with Crippen molar-refractivity contribution < 1.29 is 9.59 Å². The number of nitrogens with zero attached hydrogens (tertiary/aromatic N) is 3. The molecule has 3 rings (SSSR count). The zero-order chi connectivity index (χ0) is 21.7. The molecule has 0 spiro atoms. The van der Waals surface area contributed by atoms with Gasteiger partial charge >= 0.3 is 0 Å². The summed E-state index contributed by atoms with van der Waals surface area (Å²) in [6.45, 7) is 4.01. The van der Waals surface area contributed by atoms with E-state index in [9.17, 15) is 14.4 Å². The van der Waals surface area contributed by atoms with Crippen molar-refractivity contribution in [3.63, 3.8) is 0 Å². The first kappa shape index (κ1) is 21.0. The van der Waals surface area contributed by atoms with Crippen LogP contribution in [0.3, 0.4) is 0 Å². The third-order valence-electron chi connectivity index (χ3n) is 4.98. The number of carbonyl (C=O) groups excluding carboxylic acids is 2. The largest absolute Gasteiger partial charge is 0.350 e. The fraction of sp³-hybridized carbons (Fsp3) is 0.273. The van der Waals surface area contributed by atoms with E-state index in [2.05, 4.69) is 15.7 Å². The number of aromatic nitrogens is 3. The lowest BCUT2D eigenvalue weighted by molar-refractivity contribution is -0.121. The van der Waals surface area contributed by atoms with Crippen LogP contribution in [0, 0.1) is 6.92 Å².